The highest BCUT2D eigenvalue weighted by Crippen LogP contribution is 2.39. The number of carbonyl (C=O) groups is 1. The van der Waals surface area contributed by atoms with Crippen molar-refractivity contribution < 1.29 is 23.1 Å². The minimum absolute atomic E-state index is 0.0730. The maximum atomic E-state index is 13.3. The van der Waals surface area contributed by atoms with Crippen molar-refractivity contribution in [2.24, 2.45) is 5.41 Å². The lowest BCUT2D eigenvalue weighted by molar-refractivity contribution is 0.0255. The van der Waals surface area contributed by atoms with Gasteiger partial charge in [-0.3, -0.25) is 0 Å². The third-order valence-electron chi connectivity index (χ3n) is 8.67. The predicted octanol–water partition coefficient (Wildman–Crippen LogP) is 3.93. The number of β-amino-alcohol motifs (C(OH)–C–C–N with tert-alkyl or cyclic N) is 1. The van der Waals surface area contributed by atoms with Gasteiger partial charge in [0, 0.05) is 43.8 Å². The average Bonchev–Trinajstić information content (AvgIpc) is 3.47. The maximum absolute atomic E-state index is 13.3. The molecule has 2 amide bonds. The number of aliphatic hydroxyl groups excluding tert-OH is 1. The Labute approximate surface area is 237 Å². The molecule has 2 heterocycles. The van der Waals surface area contributed by atoms with Gasteiger partial charge in [-0.1, -0.05) is 36.6 Å². The van der Waals surface area contributed by atoms with Crippen LogP contribution in [0.4, 0.5) is 10.5 Å². The molecule has 10 heteroatoms. The second kappa shape index (κ2) is 12.1. The molecule has 1 spiro atoms. The Bertz CT molecular complexity index is 1290. The third-order valence-corrected chi connectivity index (χ3v) is 10.1. The number of likely N-dealkylation sites (N-methyl/N-ethyl adjacent to an activating group) is 1. The Morgan fingerprint density at radius 2 is 1.80 bits per heavy atom. The van der Waals surface area contributed by atoms with Crippen LogP contribution in [0.2, 0.25) is 0 Å². The molecule has 3 aliphatic rings. The van der Waals surface area contributed by atoms with Gasteiger partial charge >= 0.3 is 6.03 Å². The van der Waals surface area contributed by atoms with Crippen LogP contribution in [0.25, 0.3) is 0 Å². The summed E-state index contributed by atoms with van der Waals surface area (Å²) in [6.07, 6.45) is 5.14. The smallest absolute Gasteiger partial charge is 0.321 e. The molecule has 5 rings (SSSR count). The van der Waals surface area contributed by atoms with Gasteiger partial charge in [-0.2, -0.15) is 0 Å². The molecule has 40 heavy (non-hydrogen) atoms. The van der Waals surface area contributed by atoms with Crippen molar-refractivity contribution in [1.82, 2.24) is 14.5 Å². The van der Waals surface area contributed by atoms with Crippen molar-refractivity contribution in [3.05, 3.63) is 53.6 Å². The van der Waals surface area contributed by atoms with Gasteiger partial charge in [0.2, 0.25) is 10.0 Å². The Morgan fingerprint density at radius 1 is 1.10 bits per heavy atom. The van der Waals surface area contributed by atoms with E-state index in [0.717, 1.165) is 29.7 Å². The number of nitrogens with zero attached hydrogens (tertiary/aromatic N) is 2. The number of ether oxygens (including phenoxy) is 1. The number of anilines is 1. The summed E-state index contributed by atoms with van der Waals surface area (Å²) in [5.41, 5.74) is 2.72. The number of amides is 2. The molecule has 1 unspecified atom stereocenters. The lowest BCUT2D eigenvalue weighted by atomic mass is 9.78. The van der Waals surface area contributed by atoms with Crippen LogP contribution in [0.1, 0.15) is 55.6 Å². The van der Waals surface area contributed by atoms with E-state index in [-0.39, 0.29) is 22.9 Å². The van der Waals surface area contributed by atoms with E-state index in [2.05, 4.69) is 10.0 Å². The van der Waals surface area contributed by atoms with Gasteiger partial charge in [-0.05, 0) is 75.4 Å². The van der Waals surface area contributed by atoms with Crippen molar-refractivity contribution in [2.75, 3.05) is 51.7 Å². The average molecular weight is 571 g/mol. The Kier molecular flexibility index (Phi) is 8.70. The monoisotopic (exact) mass is 570 g/mol. The van der Waals surface area contributed by atoms with E-state index in [1.165, 1.54) is 12.8 Å². The zero-order chi connectivity index (χ0) is 28.3. The first-order valence-corrected chi connectivity index (χ1v) is 15.9. The molecular formula is C30H42N4O5S. The summed E-state index contributed by atoms with van der Waals surface area (Å²) >= 11 is 0. The minimum Gasteiger partial charge on any atom is -0.492 e. The first kappa shape index (κ1) is 28.9. The number of carbonyl (C=O) groups excluding carboxylic acids is 1. The number of likely N-dealkylation sites (tertiary alicyclic amines) is 1. The highest BCUT2D eigenvalue weighted by molar-refractivity contribution is 7.89. The lowest BCUT2D eigenvalue weighted by Crippen LogP contribution is -2.52. The van der Waals surface area contributed by atoms with E-state index in [1.54, 1.807) is 6.07 Å². The van der Waals surface area contributed by atoms with Gasteiger partial charge in [0.15, 0.2) is 0 Å². The van der Waals surface area contributed by atoms with Crippen molar-refractivity contribution in [1.29, 1.82) is 0 Å². The van der Waals surface area contributed by atoms with E-state index < -0.39 is 16.1 Å². The van der Waals surface area contributed by atoms with Crippen LogP contribution in [0.15, 0.2) is 47.4 Å². The van der Waals surface area contributed by atoms with Gasteiger partial charge in [0.1, 0.15) is 10.6 Å². The molecule has 0 aromatic heterocycles. The van der Waals surface area contributed by atoms with Crippen molar-refractivity contribution in [3.8, 4) is 5.75 Å². The van der Waals surface area contributed by atoms with Crippen LogP contribution < -0.4 is 14.8 Å². The molecule has 2 aromatic rings. The highest BCUT2D eigenvalue weighted by Gasteiger charge is 2.39. The molecule has 1 saturated carbocycles. The molecule has 2 aromatic carbocycles. The highest BCUT2D eigenvalue weighted by atomic mass is 32.2. The second-order valence-electron chi connectivity index (χ2n) is 12.0. The van der Waals surface area contributed by atoms with Crippen molar-refractivity contribution in [3.63, 3.8) is 0 Å². The zero-order valence-corrected chi connectivity index (χ0v) is 24.4. The number of hydrogen-bond acceptors (Lipinski definition) is 6. The first-order valence-electron chi connectivity index (χ1n) is 14.4. The van der Waals surface area contributed by atoms with E-state index in [0.29, 0.717) is 57.3 Å². The Hall–Kier alpha value is -2.66. The molecular weight excluding hydrogens is 528 g/mol. The number of piperidine rings is 1. The minimum atomic E-state index is -3.87. The van der Waals surface area contributed by atoms with Gasteiger partial charge in [0.25, 0.3) is 0 Å². The van der Waals surface area contributed by atoms with Crippen LogP contribution in [0, 0.1) is 12.3 Å². The van der Waals surface area contributed by atoms with Gasteiger partial charge < -0.3 is 25.0 Å². The first-order chi connectivity index (χ1) is 19.1. The lowest BCUT2D eigenvalue weighted by Gasteiger charge is -2.44. The van der Waals surface area contributed by atoms with Crippen LogP contribution in [0.5, 0.6) is 5.75 Å². The van der Waals surface area contributed by atoms with Crippen molar-refractivity contribution >= 4 is 21.7 Å². The maximum Gasteiger partial charge on any atom is 0.321 e. The summed E-state index contributed by atoms with van der Waals surface area (Å²) in [7, 11) is -1.93. The quantitative estimate of drug-likeness (QED) is 0.505. The number of benzene rings is 2. The molecule has 2 fully saturated rings. The number of aryl methyl sites for hydroxylation is 1. The number of aliphatic hydroxyl groups is 1. The molecule has 1 saturated heterocycles. The fourth-order valence-corrected chi connectivity index (χ4v) is 7.52. The van der Waals surface area contributed by atoms with Gasteiger partial charge in [-0.15, -0.1) is 0 Å². The largest absolute Gasteiger partial charge is 0.492 e. The van der Waals surface area contributed by atoms with E-state index in [1.807, 2.05) is 60.2 Å². The Morgan fingerprint density at radius 3 is 2.50 bits per heavy atom. The van der Waals surface area contributed by atoms with E-state index in [9.17, 15) is 18.3 Å². The number of nitrogens with one attached hydrogen (secondary N) is 2. The number of fused-ring (bicyclic) bond motifs is 1. The van der Waals surface area contributed by atoms with Crippen molar-refractivity contribution in [2.45, 2.75) is 62.4 Å². The molecule has 0 radical (unpaired) electrons. The fourth-order valence-electron chi connectivity index (χ4n) is 6.32. The number of rotatable bonds is 2. The summed E-state index contributed by atoms with van der Waals surface area (Å²) < 4.78 is 35.5. The molecule has 9 nitrogen and oxygen atoms in total. The SMILES string of the molecule is Cc1ccc(NC(=O)N2CCC3(CC2)COc2cc(C4CCCC4)ccc2S(=O)(=O)NCC(O)CN(C)C3)cc1. The molecule has 218 valence electrons. The third kappa shape index (κ3) is 6.79. The normalized spacial score (nSPS) is 24.0. The molecule has 1 atom stereocenters. The summed E-state index contributed by atoms with van der Waals surface area (Å²) in [4.78, 5) is 17.0. The number of sulfonamides is 1. The summed E-state index contributed by atoms with van der Waals surface area (Å²) in [6.45, 7) is 4.39. The topological polar surface area (TPSA) is 111 Å². The van der Waals surface area contributed by atoms with Gasteiger partial charge in [0.05, 0.1) is 12.7 Å². The summed E-state index contributed by atoms with van der Waals surface area (Å²) in [6, 6.07) is 13.1. The molecule has 2 aliphatic heterocycles. The summed E-state index contributed by atoms with van der Waals surface area (Å²) in [5.74, 6) is 0.789. The molecule has 3 N–H and O–H groups in total. The summed E-state index contributed by atoms with van der Waals surface area (Å²) in [5, 5.41) is 13.6. The predicted molar refractivity (Wildman–Crippen MR) is 155 cm³/mol. The van der Waals surface area contributed by atoms with Crippen LogP contribution in [-0.2, 0) is 10.0 Å². The Balaban J connectivity index is 1.36. The molecule has 1 aliphatic carbocycles. The molecule has 0 bridgehead atoms. The standard InChI is InChI=1S/C30H42N4O5S/c1-22-7-10-25(11-8-22)32-29(36)34-15-13-30(14-16-34)20-33(2)19-26(35)18-31-40(37,38)28-12-9-24(17-27(28)39-21-30)23-5-3-4-6-23/h7-12,17,23,26,31,35H,3-6,13-16,18-21H2,1-2H3,(H,32,36). The van der Waals surface area contributed by atoms with E-state index in [4.69, 9.17) is 4.74 Å². The van der Waals surface area contributed by atoms with Crippen LogP contribution in [-0.4, -0.2) is 81.8 Å². The van der Waals surface area contributed by atoms with Crippen LogP contribution >= 0.6 is 0 Å². The van der Waals surface area contributed by atoms with Crippen LogP contribution in [0.3, 0.4) is 0 Å². The van der Waals surface area contributed by atoms with E-state index >= 15 is 0 Å². The van der Waals surface area contributed by atoms with Gasteiger partial charge in [-0.25, -0.2) is 17.9 Å². The number of urea groups is 1. The fraction of sp³-hybridized carbons (Fsp3) is 0.567. The number of hydrogen-bond donors (Lipinski definition) is 3. The zero-order valence-electron chi connectivity index (χ0n) is 23.6. The second-order valence-corrected chi connectivity index (χ2v) is 13.7.